The first-order valence-corrected chi connectivity index (χ1v) is 5.22. The molecule has 0 radical (unpaired) electrons. The number of nitrogens with zero attached hydrogens (tertiary/aromatic N) is 3. The van der Waals surface area contributed by atoms with Crippen molar-refractivity contribution < 1.29 is 35.9 Å². The second-order valence-corrected chi connectivity index (χ2v) is 3.67. The molecule has 0 aliphatic carbocycles. The summed E-state index contributed by atoms with van der Waals surface area (Å²) >= 11 is 0. The van der Waals surface area contributed by atoms with Gasteiger partial charge in [0.2, 0.25) is 6.10 Å². The highest BCUT2D eigenvalue weighted by atomic mass is 19.4. The van der Waals surface area contributed by atoms with E-state index in [1.54, 1.807) is 5.43 Å². The Morgan fingerprint density at radius 2 is 1.90 bits per heavy atom. The van der Waals surface area contributed by atoms with E-state index < -0.39 is 37.5 Å². The van der Waals surface area contributed by atoms with E-state index in [0.29, 0.717) is 0 Å². The van der Waals surface area contributed by atoms with Crippen molar-refractivity contribution in [2.75, 3.05) is 6.61 Å². The van der Waals surface area contributed by atoms with E-state index >= 15 is 0 Å². The number of hydrogen-bond donors (Lipinski definition) is 2. The first-order valence-electron chi connectivity index (χ1n) is 5.22. The Morgan fingerprint density at radius 3 is 2.38 bits per heavy atom. The average molecular weight is 321 g/mol. The van der Waals surface area contributed by atoms with Crippen LogP contribution >= 0.6 is 0 Å². The van der Waals surface area contributed by atoms with Crippen LogP contribution in [0, 0.1) is 0 Å². The molecule has 0 saturated heterocycles. The van der Waals surface area contributed by atoms with Crippen molar-refractivity contribution in [3.8, 4) is 0 Å². The third-order valence-corrected chi connectivity index (χ3v) is 2.10. The number of carbonyl (C=O) groups excluding carboxylic acids is 1. The molecule has 0 unspecified atom stereocenters. The molecule has 1 amide bonds. The molecule has 0 aliphatic heterocycles. The Morgan fingerprint density at radius 1 is 1.33 bits per heavy atom. The Kier molecular flexibility index (Phi) is 5.11. The Labute approximate surface area is 113 Å². The first kappa shape index (κ1) is 17.2. The van der Waals surface area contributed by atoms with Crippen LogP contribution in [0.3, 0.4) is 0 Å². The number of aromatic nitrogens is 3. The molecule has 13 heteroatoms. The summed E-state index contributed by atoms with van der Waals surface area (Å²) in [5.41, 5.74) is 1.48. The number of hydrazine groups is 1. The van der Waals surface area contributed by atoms with E-state index in [9.17, 15) is 31.1 Å². The molecule has 0 aliphatic rings. The number of amides is 1. The maximum Gasteiger partial charge on any atom is 0.423 e. The van der Waals surface area contributed by atoms with Gasteiger partial charge in [0.25, 0.3) is 5.91 Å². The predicted molar refractivity (Wildman–Crippen MR) is 53.5 cm³/mol. The van der Waals surface area contributed by atoms with Crippen molar-refractivity contribution in [1.29, 1.82) is 0 Å². The minimum atomic E-state index is -5.58. The number of nitrogens with one attached hydrogen (secondary N) is 1. The molecule has 0 atom stereocenters. The smallest absolute Gasteiger partial charge is 0.359 e. The number of carbonyl (C=O) groups is 1. The zero-order valence-corrected chi connectivity index (χ0v) is 10.1. The summed E-state index contributed by atoms with van der Waals surface area (Å²) in [5, 5.41) is 6.62. The summed E-state index contributed by atoms with van der Waals surface area (Å²) in [6, 6.07) is 0. The van der Waals surface area contributed by atoms with Gasteiger partial charge in [0.05, 0.1) is 19.3 Å². The summed E-state index contributed by atoms with van der Waals surface area (Å²) in [6.45, 7) is -1.40. The normalized spacial score (nSPS) is 12.8. The first-order chi connectivity index (χ1) is 9.55. The van der Waals surface area contributed by atoms with E-state index in [0.717, 1.165) is 10.9 Å². The fraction of sp³-hybridized carbons (Fsp3) is 0.625. The van der Waals surface area contributed by atoms with Gasteiger partial charge in [-0.15, -0.1) is 5.10 Å². The number of hydrogen-bond acceptors (Lipinski definition) is 5. The van der Waals surface area contributed by atoms with Crippen molar-refractivity contribution in [3.05, 3.63) is 11.9 Å². The molecule has 0 spiro atoms. The third kappa shape index (κ3) is 4.86. The van der Waals surface area contributed by atoms with Gasteiger partial charge in [-0.25, -0.2) is 10.5 Å². The van der Waals surface area contributed by atoms with Crippen LogP contribution in [0.15, 0.2) is 6.20 Å². The molecule has 3 N–H and O–H groups in total. The molecule has 0 saturated carbocycles. The summed E-state index contributed by atoms with van der Waals surface area (Å²) in [6.07, 6.45) is -14.1. The molecule has 1 rings (SSSR count). The minimum Gasteiger partial charge on any atom is -0.359 e. The summed E-state index contributed by atoms with van der Waals surface area (Å²) in [4.78, 5) is 11.0. The molecule has 0 bridgehead atoms. The molecule has 0 aromatic carbocycles. The van der Waals surface area contributed by atoms with Crippen LogP contribution in [0.5, 0.6) is 0 Å². The Hall–Kier alpha value is -1.89. The topological polar surface area (TPSA) is 95.1 Å². The lowest BCUT2D eigenvalue weighted by molar-refractivity contribution is -0.322. The van der Waals surface area contributed by atoms with Crippen LogP contribution in [0.25, 0.3) is 0 Å². The molecule has 1 heterocycles. The highest BCUT2D eigenvalue weighted by Gasteiger charge is 2.57. The molecular formula is C8H9F6N5O2. The van der Waals surface area contributed by atoms with E-state index in [1.165, 1.54) is 0 Å². The Balaban J connectivity index is 2.59. The van der Waals surface area contributed by atoms with E-state index in [-0.39, 0.29) is 5.69 Å². The van der Waals surface area contributed by atoms with Crippen LogP contribution in [0.2, 0.25) is 0 Å². The van der Waals surface area contributed by atoms with Gasteiger partial charge in [-0.1, -0.05) is 5.21 Å². The monoisotopic (exact) mass is 321 g/mol. The van der Waals surface area contributed by atoms with Crippen molar-refractivity contribution in [1.82, 2.24) is 20.4 Å². The number of ether oxygens (including phenoxy) is 1. The van der Waals surface area contributed by atoms with Gasteiger partial charge in [0, 0.05) is 0 Å². The fourth-order valence-corrected chi connectivity index (χ4v) is 1.22. The zero-order chi connectivity index (χ0) is 16.3. The van der Waals surface area contributed by atoms with Crippen LogP contribution in [-0.4, -0.2) is 46.0 Å². The standard InChI is InChI=1S/C8H9F6N5O2/c9-7(10,11)6(8(12,13)14)21-2-1-19-3-4(17-18-19)5(20)16-15/h3,6H,1-2,15H2,(H,16,20). The van der Waals surface area contributed by atoms with Crippen molar-refractivity contribution in [3.63, 3.8) is 0 Å². The maximum absolute atomic E-state index is 12.2. The number of rotatable bonds is 5. The fourth-order valence-electron chi connectivity index (χ4n) is 1.22. The molecule has 0 fully saturated rings. The highest BCUT2D eigenvalue weighted by molar-refractivity contribution is 5.91. The van der Waals surface area contributed by atoms with Crippen molar-refractivity contribution in [2.45, 2.75) is 25.0 Å². The Bertz CT molecular complexity index is 470. The number of nitrogens with two attached hydrogens (primary N) is 1. The van der Waals surface area contributed by atoms with Gasteiger partial charge in [-0.3, -0.25) is 10.2 Å². The maximum atomic E-state index is 12.2. The molecule has 21 heavy (non-hydrogen) atoms. The van der Waals surface area contributed by atoms with Crippen molar-refractivity contribution in [2.24, 2.45) is 5.84 Å². The molecular weight excluding hydrogens is 312 g/mol. The van der Waals surface area contributed by atoms with Gasteiger partial charge in [-0.05, 0) is 0 Å². The summed E-state index contributed by atoms with van der Waals surface area (Å²) in [5.74, 6) is 3.98. The van der Waals surface area contributed by atoms with Crippen LogP contribution in [0.1, 0.15) is 10.5 Å². The van der Waals surface area contributed by atoms with E-state index in [4.69, 9.17) is 5.84 Å². The highest BCUT2D eigenvalue weighted by Crippen LogP contribution is 2.35. The lowest BCUT2D eigenvalue weighted by atomic mass is 10.3. The molecule has 7 nitrogen and oxygen atoms in total. The summed E-state index contributed by atoms with van der Waals surface area (Å²) < 4.78 is 77.6. The van der Waals surface area contributed by atoms with Crippen LogP contribution in [-0.2, 0) is 11.3 Å². The lowest BCUT2D eigenvalue weighted by Gasteiger charge is -2.22. The lowest BCUT2D eigenvalue weighted by Crippen LogP contribution is -2.44. The SMILES string of the molecule is NNC(=O)c1cn(CCOC(C(F)(F)F)C(F)(F)F)nn1. The zero-order valence-electron chi connectivity index (χ0n) is 10.1. The average Bonchev–Trinajstić information content (AvgIpc) is 2.79. The summed E-state index contributed by atoms with van der Waals surface area (Å²) in [7, 11) is 0. The van der Waals surface area contributed by atoms with Crippen LogP contribution < -0.4 is 11.3 Å². The largest absolute Gasteiger partial charge is 0.423 e. The quantitative estimate of drug-likeness (QED) is 0.354. The molecule has 120 valence electrons. The van der Waals surface area contributed by atoms with Crippen LogP contribution in [0.4, 0.5) is 26.3 Å². The van der Waals surface area contributed by atoms with Gasteiger partial charge < -0.3 is 4.74 Å². The van der Waals surface area contributed by atoms with Gasteiger partial charge in [0.1, 0.15) is 0 Å². The number of alkyl halides is 6. The minimum absolute atomic E-state index is 0.249. The van der Waals surface area contributed by atoms with Gasteiger partial charge >= 0.3 is 12.4 Å². The van der Waals surface area contributed by atoms with E-state index in [1.807, 2.05) is 0 Å². The third-order valence-electron chi connectivity index (χ3n) is 2.10. The van der Waals surface area contributed by atoms with Gasteiger partial charge in [0.15, 0.2) is 5.69 Å². The predicted octanol–water partition coefficient (Wildman–Crippen LogP) is 0.391. The van der Waals surface area contributed by atoms with Gasteiger partial charge in [-0.2, -0.15) is 26.3 Å². The number of halogens is 6. The van der Waals surface area contributed by atoms with Crippen molar-refractivity contribution >= 4 is 5.91 Å². The second kappa shape index (κ2) is 6.26. The number of nitrogen functional groups attached to an aromatic ring is 1. The van der Waals surface area contributed by atoms with E-state index in [2.05, 4.69) is 15.0 Å². The molecule has 1 aromatic rings. The second-order valence-electron chi connectivity index (χ2n) is 3.67. The molecule has 1 aromatic heterocycles.